The first-order valence-corrected chi connectivity index (χ1v) is 5.32. The largest absolute Gasteiger partial charge is 0.376 e. The van der Waals surface area contributed by atoms with E-state index in [9.17, 15) is 4.79 Å². The second-order valence-electron chi connectivity index (χ2n) is 3.85. The molecule has 0 aliphatic carbocycles. The van der Waals surface area contributed by atoms with Crippen molar-refractivity contribution in [3.63, 3.8) is 0 Å². The highest BCUT2D eigenvalue weighted by Crippen LogP contribution is 2.12. The van der Waals surface area contributed by atoms with Crippen LogP contribution in [-0.2, 0) is 17.8 Å². The van der Waals surface area contributed by atoms with E-state index in [4.69, 9.17) is 4.74 Å². The van der Waals surface area contributed by atoms with E-state index in [0.717, 1.165) is 23.4 Å². The molecule has 3 rings (SSSR count). The Bertz CT molecular complexity index is 554. The third kappa shape index (κ3) is 1.39. The minimum atomic E-state index is 0.000833. The summed E-state index contributed by atoms with van der Waals surface area (Å²) < 4.78 is 6.88. The number of H-pyrrole nitrogens is 1. The Morgan fingerprint density at radius 1 is 1.25 bits per heavy atom. The van der Waals surface area contributed by atoms with Gasteiger partial charge in [-0.3, -0.25) is 9.89 Å². The molecular weight excluding hydrogens is 204 g/mol. The summed E-state index contributed by atoms with van der Waals surface area (Å²) in [4.78, 5) is 12.1. The van der Waals surface area contributed by atoms with Crippen molar-refractivity contribution < 1.29 is 4.74 Å². The van der Waals surface area contributed by atoms with Crippen molar-refractivity contribution in [3.8, 4) is 5.69 Å². The van der Waals surface area contributed by atoms with Crippen molar-refractivity contribution >= 4 is 0 Å². The molecule has 82 valence electrons. The van der Waals surface area contributed by atoms with Gasteiger partial charge in [-0.25, -0.2) is 4.68 Å². The highest BCUT2D eigenvalue weighted by atomic mass is 16.5. The summed E-state index contributed by atoms with van der Waals surface area (Å²) >= 11 is 0. The fraction of sp³-hybridized carbons (Fsp3) is 0.250. The van der Waals surface area contributed by atoms with E-state index in [1.54, 1.807) is 4.68 Å². The van der Waals surface area contributed by atoms with Gasteiger partial charge in [0.2, 0.25) is 0 Å². The fourth-order valence-corrected chi connectivity index (χ4v) is 1.98. The van der Waals surface area contributed by atoms with Crippen LogP contribution in [0.2, 0.25) is 0 Å². The number of hydrogen-bond donors (Lipinski definition) is 1. The summed E-state index contributed by atoms with van der Waals surface area (Å²) in [5.74, 6) is 0. The molecule has 4 nitrogen and oxygen atoms in total. The second-order valence-corrected chi connectivity index (χ2v) is 3.85. The van der Waals surface area contributed by atoms with E-state index in [1.165, 1.54) is 0 Å². The van der Waals surface area contributed by atoms with Gasteiger partial charge in [0.15, 0.2) is 0 Å². The van der Waals surface area contributed by atoms with Crippen molar-refractivity contribution in [2.75, 3.05) is 6.61 Å². The van der Waals surface area contributed by atoms with Crippen LogP contribution in [0.15, 0.2) is 35.1 Å². The lowest BCUT2D eigenvalue weighted by molar-refractivity contribution is 0.109. The Balaban J connectivity index is 2.16. The summed E-state index contributed by atoms with van der Waals surface area (Å²) in [5.41, 5.74) is 2.62. The molecule has 2 aromatic rings. The first kappa shape index (κ1) is 9.42. The fourth-order valence-electron chi connectivity index (χ4n) is 1.98. The van der Waals surface area contributed by atoms with Gasteiger partial charge in [0.25, 0.3) is 5.56 Å². The predicted molar refractivity (Wildman–Crippen MR) is 59.7 cm³/mol. The lowest BCUT2D eigenvalue weighted by atomic mass is 10.2. The molecule has 1 aliphatic rings. The average Bonchev–Trinajstić information content (AvgIpc) is 2.69. The minimum absolute atomic E-state index is 0.000833. The molecule has 0 radical (unpaired) electrons. The molecule has 1 aromatic heterocycles. The third-order valence-electron chi connectivity index (χ3n) is 2.83. The van der Waals surface area contributed by atoms with Gasteiger partial charge in [0, 0.05) is 12.1 Å². The lowest BCUT2D eigenvalue weighted by Crippen LogP contribution is -2.19. The van der Waals surface area contributed by atoms with E-state index in [-0.39, 0.29) is 5.56 Å². The van der Waals surface area contributed by atoms with Gasteiger partial charge in [0.05, 0.1) is 24.5 Å². The summed E-state index contributed by atoms with van der Waals surface area (Å²) in [6, 6.07) is 9.57. The van der Waals surface area contributed by atoms with Crippen LogP contribution in [0.3, 0.4) is 0 Å². The molecule has 0 saturated carbocycles. The zero-order chi connectivity index (χ0) is 11.0. The highest BCUT2D eigenvalue weighted by Gasteiger charge is 2.18. The van der Waals surface area contributed by atoms with Crippen LogP contribution in [0.4, 0.5) is 0 Å². The van der Waals surface area contributed by atoms with Crippen LogP contribution in [0, 0.1) is 0 Å². The summed E-state index contributed by atoms with van der Waals surface area (Å²) in [5, 5.41) is 3.14. The van der Waals surface area contributed by atoms with Crippen LogP contribution in [0.5, 0.6) is 0 Å². The van der Waals surface area contributed by atoms with Crippen LogP contribution in [-0.4, -0.2) is 16.4 Å². The molecule has 16 heavy (non-hydrogen) atoms. The molecular formula is C12H12N2O2. The van der Waals surface area contributed by atoms with E-state index in [2.05, 4.69) is 5.10 Å². The Morgan fingerprint density at radius 3 is 2.81 bits per heavy atom. The zero-order valence-corrected chi connectivity index (χ0v) is 8.77. The Labute approximate surface area is 92.5 Å². The summed E-state index contributed by atoms with van der Waals surface area (Å²) in [6.45, 7) is 1.10. The number of nitrogens with one attached hydrogen (secondary N) is 1. The van der Waals surface area contributed by atoms with Gasteiger partial charge in [-0.1, -0.05) is 18.2 Å². The predicted octanol–water partition coefficient (Wildman–Crippen LogP) is 1.24. The number of ether oxygens (including phenoxy) is 1. The standard InChI is InChI=1S/C12H12N2O2/c15-12-10-8-16-7-6-11(10)13-14(12)9-4-2-1-3-5-9/h1-5,13H,6-8H2. The van der Waals surface area contributed by atoms with Gasteiger partial charge in [-0.2, -0.15) is 0 Å². The molecule has 0 fully saturated rings. The quantitative estimate of drug-likeness (QED) is 0.779. The molecule has 2 heterocycles. The average molecular weight is 216 g/mol. The number of aromatic nitrogens is 2. The molecule has 0 amide bonds. The normalized spacial score (nSPS) is 14.8. The number of aromatic amines is 1. The number of rotatable bonds is 1. The van der Waals surface area contributed by atoms with E-state index in [1.807, 2.05) is 30.3 Å². The monoisotopic (exact) mass is 216 g/mol. The Hall–Kier alpha value is -1.81. The van der Waals surface area contributed by atoms with Gasteiger partial charge >= 0.3 is 0 Å². The topological polar surface area (TPSA) is 47.0 Å². The number of benzene rings is 1. The Morgan fingerprint density at radius 2 is 2.06 bits per heavy atom. The lowest BCUT2D eigenvalue weighted by Gasteiger charge is -2.08. The van der Waals surface area contributed by atoms with Crippen LogP contribution < -0.4 is 5.56 Å². The molecule has 0 bridgehead atoms. The van der Waals surface area contributed by atoms with Crippen molar-refractivity contribution in [3.05, 3.63) is 51.9 Å². The highest BCUT2D eigenvalue weighted by molar-refractivity contribution is 5.33. The molecule has 1 aromatic carbocycles. The maximum absolute atomic E-state index is 12.1. The Kier molecular flexibility index (Phi) is 2.15. The van der Waals surface area contributed by atoms with Gasteiger partial charge in [-0.05, 0) is 12.1 Å². The van der Waals surface area contributed by atoms with Crippen LogP contribution in [0.25, 0.3) is 5.69 Å². The van der Waals surface area contributed by atoms with E-state index in [0.29, 0.717) is 13.2 Å². The van der Waals surface area contributed by atoms with Crippen LogP contribution >= 0.6 is 0 Å². The second kappa shape index (κ2) is 3.64. The van der Waals surface area contributed by atoms with Gasteiger partial charge in [0.1, 0.15) is 0 Å². The smallest absolute Gasteiger partial charge is 0.277 e. The van der Waals surface area contributed by atoms with Crippen molar-refractivity contribution in [2.45, 2.75) is 13.0 Å². The third-order valence-corrected chi connectivity index (χ3v) is 2.83. The molecule has 0 spiro atoms. The van der Waals surface area contributed by atoms with Crippen molar-refractivity contribution in [2.24, 2.45) is 0 Å². The van der Waals surface area contributed by atoms with Crippen LogP contribution in [0.1, 0.15) is 11.3 Å². The number of para-hydroxylation sites is 1. The summed E-state index contributed by atoms with van der Waals surface area (Å²) in [6.07, 6.45) is 0.782. The van der Waals surface area contributed by atoms with E-state index < -0.39 is 0 Å². The number of nitrogens with zero attached hydrogens (tertiary/aromatic N) is 1. The molecule has 0 unspecified atom stereocenters. The maximum Gasteiger partial charge on any atom is 0.277 e. The molecule has 1 aliphatic heterocycles. The molecule has 0 atom stereocenters. The maximum atomic E-state index is 12.1. The minimum Gasteiger partial charge on any atom is -0.376 e. The first-order chi connectivity index (χ1) is 7.86. The SMILES string of the molecule is O=c1c2c([nH]n1-c1ccccc1)CCOC2. The van der Waals surface area contributed by atoms with Crippen molar-refractivity contribution in [1.82, 2.24) is 9.78 Å². The molecule has 1 N–H and O–H groups in total. The van der Waals surface area contributed by atoms with Crippen molar-refractivity contribution in [1.29, 1.82) is 0 Å². The van der Waals surface area contributed by atoms with E-state index >= 15 is 0 Å². The number of fused-ring (bicyclic) bond motifs is 1. The molecule has 0 saturated heterocycles. The number of hydrogen-bond acceptors (Lipinski definition) is 2. The van der Waals surface area contributed by atoms with Gasteiger partial charge < -0.3 is 4.74 Å². The van der Waals surface area contributed by atoms with Gasteiger partial charge in [-0.15, -0.1) is 0 Å². The first-order valence-electron chi connectivity index (χ1n) is 5.32. The summed E-state index contributed by atoms with van der Waals surface area (Å²) in [7, 11) is 0. The zero-order valence-electron chi connectivity index (χ0n) is 8.77. The molecule has 4 heteroatoms.